The molecule has 1 aromatic heterocycles. The number of aryl methyl sites for hydroxylation is 1. The van der Waals surface area contributed by atoms with Crippen LogP contribution >= 0.6 is 0 Å². The minimum absolute atomic E-state index is 0.00548. The summed E-state index contributed by atoms with van der Waals surface area (Å²) in [4.78, 5) is 40.1. The molecule has 0 radical (unpaired) electrons. The number of amides is 3. The third kappa shape index (κ3) is 4.23. The SMILES string of the molecule is CC(=O)N1CCC(C(=O)N2CCC(C(=O)Nc3cc(C)on3)CC2)CC1. The van der Waals surface area contributed by atoms with Gasteiger partial charge in [-0.05, 0) is 32.6 Å². The summed E-state index contributed by atoms with van der Waals surface area (Å²) >= 11 is 0. The number of piperidine rings is 2. The molecule has 2 fully saturated rings. The Morgan fingerprint density at radius 1 is 1.04 bits per heavy atom. The highest BCUT2D eigenvalue weighted by Gasteiger charge is 2.33. The number of carbonyl (C=O) groups is 3. The van der Waals surface area contributed by atoms with Gasteiger partial charge < -0.3 is 19.6 Å². The summed E-state index contributed by atoms with van der Waals surface area (Å²) in [5, 5.41) is 6.54. The van der Waals surface area contributed by atoms with Crippen LogP contribution in [-0.2, 0) is 14.4 Å². The van der Waals surface area contributed by atoms with Crippen molar-refractivity contribution in [3.8, 4) is 0 Å². The van der Waals surface area contributed by atoms with Crippen molar-refractivity contribution in [2.75, 3.05) is 31.5 Å². The summed E-state index contributed by atoms with van der Waals surface area (Å²) < 4.78 is 4.95. The van der Waals surface area contributed by atoms with E-state index in [4.69, 9.17) is 4.52 Å². The molecule has 3 rings (SSSR count). The molecule has 26 heavy (non-hydrogen) atoms. The van der Waals surface area contributed by atoms with Crippen molar-refractivity contribution in [1.29, 1.82) is 0 Å². The van der Waals surface area contributed by atoms with Gasteiger partial charge in [0.05, 0.1) is 0 Å². The largest absolute Gasteiger partial charge is 0.360 e. The molecular weight excluding hydrogens is 336 g/mol. The van der Waals surface area contributed by atoms with E-state index in [1.54, 1.807) is 24.8 Å². The van der Waals surface area contributed by atoms with Gasteiger partial charge in [0.2, 0.25) is 17.7 Å². The molecule has 0 aromatic carbocycles. The molecule has 2 aliphatic rings. The van der Waals surface area contributed by atoms with Crippen molar-refractivity contribution >= 4 is 23.5 Å². The Kier molecular flexibility index (Phi) is 5.58. The Morgan fingerprint density at radius 2 is 1.62 bits per heavy atom. The maximum atomic E-state index is 12.7. The van der Waals surface area contributed by atoms with Crippen LogP contribution in [0.2, 0.25) is 0 Å². The summed E-state index contributed by atoms with van der Waals surface area (Å²) in [6.45, 7) is 5.85. The molecule has 1 aromatic rings. The van der Waals surface area contributed by atoms with E-state index in [0.717, 1.165) is 12.8 Å². The van der Waals surface area contributed by atoms with Gasteiger partial charge in [-0.15, -0.1) is 0 Å². The van der Waals surface area contributed by atoms with E-state index in [1.807, 2.05) is 4.90 Å². The van der Waals surface area contributed by atoms with E-state index < -0.39 is 0 Å². The van der Waals surface area contributed by atoms with E-state index in [2.05, 4.69) is 10.5 Å². The molecular formula is C18H26N4O4. The average Bonchev–Trinajstić information content (AvgIpc) is 3.06. The van der Waals surface area contributed by atoms with Crippen molar-refractivity contribution in [2.24, 2.45) is 11.8 Å². The quantitative estimate of drug-likeness (QED) is 0.877. The third-order valence-electron chi connectivity index (χ3n) is 5.35. The van der Waals surface area contributed by atoms with E-state index in [9.17, 15) is 14.4 Å². The average molecular weight is 362 g/mol. The van der Waals surface area contributed by atoms with Crippen LogP contribution in [0, 0.1) is 18.8 Å². The fraction of sp³-hybridized carbons (Fsp3) is 0.667. The van der Waals surface area contributed by atoms with Crippen LogP contribution < -0.4 is 5.32 Å². The molecule has 0 atom stereocenters. The molecule has 2 aliphatic heterocycles. The zero-order chi connectivity index (χ0) is 18.7. The summed E-state index contributed by atoms with van der Waals surface area (Å²) in [5.74, 6) is 1.13. The van der Waals surface area contributed by atoms with Gasteiger partial charge in [-0.25, -0.2) is 0 Å². The molecule has 0 saturated carbocycles. The van der Waals surface area contributed by atoms with E-state index >= 15 is 0 Å². The predicted molar refractivity (Wildman–Crippen MR) is 94.2 cm³/mol. The van der Waals surface area contributed by atoms with Crippen LogP contribution in [0.5, 0.6) is 0 Å². The van der Waals surface area contributed by atoms with Crippen LogP contribution in [0.25, 0.3) is 0 Å². The van der Waals surface area contributed by atoms with Gasteiger partial charge in [-0.2, -0.15) is 0 Å². The lowest BCUT2D eigenvalue weighted by Crippen LogP contribution is -2.47. The van der Waals surface area contributed by atoms with Gasteiger partial charge >= 0.3 is 0 Å². The Balaban J connectivity index is 1.45. The topological polar surface area (TPSA) is 95.8 Å². The predicted octanol–water partition coefficient (Wildman–Crippen LogP) is 1.42. The molecule has 8 heteroatoms. The first-order valence-corrected chi connectivity index (χ1v) is 9.22. The molecule has 0 aliphatic carbocycles. The monoisotopic (exact) mass is 362 g/mol. The molecule has 0 bridgehead atoms. The van der Waals surface area contributed by atoms with Crippen LogP contribution in [0.15, 0.2) is 10.6 Å². The smallest absolute Gasteiger partial charge is 0.228 e. The van der Waals surface area contributed by atoms with Gasteiger partial charge in [0.1, 0.15) is 5.76 Å². The molecule has 2 saturated heterocycles. The highest BCUT2D eigenvalue weighted by atomic mass is 16.5. The lowest BCUT2D eigenvalue weighted by molar-refractivity contribution is -0.142. The number of rotatable bonds is 3. The molecule has 1 N–H and O–H groups in total. The van der Waals surface area contributed by atoms with Crippen molar-refractivity contribution < 1.29 is 18.9 Å². The first-order valence-electron chi connectivity index (χ1n) is 9.22. The molecule has 0 unspecified atom stereocenters. The van der Waals surface area contributed by atoms with Gasteiger partial charge in [-0.1, -0.05) is 5.16 Å². The fourth-order valence-electron chi connectivity index (χ4n) is 3.72. The number of carbonyl (C=O) groups excluding carboxylic acids is 3. The zero-order valence-electron chi connectivity index (χ0n) is 15.4. The van der Waals surface area contributed by atoms with Crippen molar-refractivity contribution in [2.45, 2.75) is 39.5 Å². The van der Waals surface area contributed by atoms with Gasteiger partial charge in [0.25, 0.3) is 0 Å². The van der Waals surface area contributed by atoms with Crippen LogP contribution in [0.1, 0.15) is 38.4 Å². The summed E-state index contributed by atoms with van der Waals surface area (Å²) in [6, 6.07) is 1.68. The number of anilines is 1. The third-order valence-corrected chi connectivity index (χ3v) is 5.35. The maximum absolute atomic E-state index is 12.7. The first-order chi connectivity index (χ1) is 12.4. The van der Waals surface area contributed by atoms with E-state index in [1.165, 1.54) is 0 Å². The van der Waals surface area contributed by atoms with E-state index in [-0.39, 0.29) is 29.6 Å². The first kappa shape index (κ1) is 18.4. The standard InChI is InChI=1S/C18H26N4O4/c1-12-11-16(20-26-12)19-17(24)14-3-9-22(10-4-14)18(25)15-5-7-21(8-6-15)13(2)23/h11,14-15H,3-10H2,1-2H3,(H,19,20,24). The summed E-state index contributed by atoms with van der Waals surface area (Å²) in [6.07, 6.45) is 2.76. The number of aromatic nitrogens is 1. The molecule has 0 spiro atoms. The van der Waals surface area contributed by atoms with E-state index in [0.29, 0.717) is 50.6 Å². The normalized spacial score (nSPS) is 19.5. The summed E-state index contributed by atoms with van der Waals surface area (Å²) in [5.41, 5.74) is 0. The molecule has 3 heterocycles. The number of likely N-dealkylation sites (tertiary alicyclic amines) is 2. The highest BCUT2D eigenvalue weighted by Crippen LogP contribution is 2.24. The Morgan fingerprint density at radius 3 is 2.15 bits per heavy atom. The number of nitrogens with zero attached hydrogens (tertiary/aromatic N) is 3. The van der Waals surface area contributed by atoms with Gasteiger partial charge in [0.15, 0.2) is 5.82 Å². The van der Waals surface area contributed by atoms with Gasteiger partial charge in [0, 0.05) is 51.0 Å². The summed E-state index contributed by atoms with van der Waals surface area (Å²) in [7, 11) is 0. The lowest BCUT2D eigenvalue weighted by atomic mass is 9.91. The minimum Gasteiger partial charge on any atom is -0.360 e. The highest BCUT2D eigenvalue weighted by molar-refractivity contribution is 5.92. The van der Waals surface area contributed by atoms with Crippen molar-refractivity contribution in [3.05, 3.63) is 11.8 Å². The second-order valence-electron chi connectivity index (χ2n) is 7.19. The maximum Gasteiger partial charge on any atom is 0.228 e. The van der Waals surface area contributed by atoms with Crippen molar-refractivity contribution in [3.63, 3.8) is 0 Å². The number of hydrogen-bond acceptors (Lipinski definition) is 5. The molecule has 142 valence electrons. The van der Waals surface area contributed by atoms with Gasteiger partial charge in [-0.3, -0.25) is 14.4 Å². The number of nitrogens with one attached hydrogen (secondary N) is 1. The fourth-order valence-corrected chi connectivity index (χ4v) is 3.72. The zero-order valence-corrected chi connectivity index (χ0v) is 15.4. The Labute approximate surface area is 152 Å². The van der Waals surface area contributed by atoms with Crippen LogP contribution in [0.4, 0.5) is 5.82 Å². The second kappa shape index (κ2) is 7.88. The Bertz CT molecular complexity index is 670. The molecule has 3 amide bonds. The van der Waals surface area contributed by atoms with Crippen molar-refractivity contribution in [1.82, 2.24) is 15.0 Å². The van der Waals surface area contributed by atoms with Crippen LogP contribution in [-0.4, -0.2) is 58.9 Å². The molecule has 8 nitrogen and oxygen atoms in total. The van der Waals surface area contributed by atoms with Crippen LogP contribution in [0.3, 0.4) is 0 Å². The Hall–Kier alpha value is -2.38. The number of hydrogen-bond donors (Lipinski definition) is 1. The lowest BCUT2D eigenvalue weighted by Gasteiger charge is -2.36. The minimum atomic E-state index is -0.115. The second-order valence-corrected chi connectivity index (χ2v) is 7.19.